The maximum absolute atomic E-state index is 3.89. The minimum absolute atomic E-state index is 0.777. The Kier molecular flexibility index (Phi) is 3.95. The first-order valence-electron chi connectivity index (χ1n) is 8.22. The Morgan fingerprint density at radius 1 is 0.944 bits per heavy atom. The van der Waals surface area contributed by atoms with Crippen molar-refractivity contribution in [1.82, 2.24) is 10.2 Å². The summed E-state index contributed by atoms with van der Waals surface area (Å²) in [6, 6.07) is 2.56. The molecular weight excluding hydrogens is 220 g/mol. The zero-order valence-electron chi connectivity index (χ0n) is 12.2. The fourth-order valence-electron chi connectivity index (χ4n) is 3.93. The van der Waals surface area contributed by atoms with Gasteiger partial charge in [-0.15, -0.1) is 0 Å². The summed E-state index contributed by atoms with van der Waals surface area (Å²) in [6.07, 6.45) is 10.1. The summed E-state index contributed by atoms with van der Waals surface area (Å²) < 4.78 is 0. The van der Waals surface area contributed by atoms with Gasteiger partial charge in [0, 0.05) is 31.2 Å². The van der Waals surface area contributed by atoms with Crippen molar-refractivity contribution in [3.63, 3.8) is 0 Å². The van der Waals surface area contributed by atoms with E-state index in [-0.39, 0.29) is 0 Å². The highest BCUT2D eigenvalue weighted by Crippen LogP contribution is 2.32. The Morgan fingerprint density at radius 3 is 2.28 bits per heavy atom. The van der Waals surface area contributed by atoms with Crippen molar-refractivity contribution in [3.8, 4) is 0 Å². The van der Waals surface area contributed by atoms with Gasteiger partial charge in [0.25, 0.3) is 0 Å². The van der Waals surface area contributed by atoms with E-state index in [0.29, 0.717) is 0 Å². The van der Waals surface area contributed by atoms with Gasteiger partial charge in [-0.25, -0.2) is 0 Å². The lowest BCUT2D eigenvalue weighted by atomic mass is 9.84. The van der Waals surface area contributed by atoms with Crippen LogP contribution in [0, 0.1) is 11.8 Å². The Balaban J connectivity index is 1.61. The molecule has 1 heterocycles. The summed E-state index contributed by atoms with van der Waals surface area (Å²) >= 11 is 0. The van der Waals surface area contributed by atoms with E-state index >= 15 is 0 Å². The van der Waals surface area contributed by atoms with E-state index in [0.717, 1.165) is 30.0 Å². The maximum Gasteiger partial charge on any atom is 0.0200 e. The van der Waals surface area contributed by atoms with Gasteiger partial charge < -0.3 is 5.32 Å². The van der Waals surface area contributed by atoms with Crippen molar-refractivity contribution in [3.05, 3.63) is 0 Å². The van der Waals surface area contributed by atoms with Gasteiger partial charge in [-0.1, -0.05) is 26.7 Å². The molecule has 18 heavy (non-hydrogen) atoms. The number of piperidine rings is 1. The standard InChI is InChI=1S/C16H30N2/c1-12(2)13-9-15(17-14-7-8-14)11-18(10-13)16-5-3-4-6-16/h12-17H,3-11H2,1-2H3. The molecule has 0 bridgehead atoms. The fraction of sp³-hybridized carbons (Fsp3) is 1.00. The van der Waals surface area contributed by atoms with Crippen LogP contribution < -0.4 is 5.32 Å². The van der Waals surface area contributed by atoms with Crippen LogP contribution in [0.4, 0.5) is 0 Å². The van der Waals surface area contributed by atoms with Crippen molar-refractivity contribution in [2.45, 2.75) is 76.9 Å². The Labute approximate surface area is 113 Å². The topological polar surface area (TPSA) is 15.3 Å². The molecule has 2 saturated carbocycles. The number of nitrogens with one attached hydrogen (secondary N) is 1. The van der Waals surface area contributed by atoms with E-state index < -0.39 is 0 Å². The van der Waals surface area contributed by atoms with Gasteiger partial charge in [0.05, 0.1) is 0 Å². The van der Waals surface area contributed by atoms with Crippen LogP contribution in [0.1, 0.15) is 58.8 Å². The number of rotatable bonds is 4. The van der Waals surface area contributed by atoms with E-state index in [4.69, 9.17) is 0 Å². The van der Waals surface area contributed by atoms with Crippen molar-refractivity contribution in [1.29, 1.82) is 0 Å². The lowest BCUT2D eigenvalue weighted by Gasteiger charge is -2.43. The van der Waals surface area contributed by atoms with Crippen molar-refractivity contribution in [2.75, 3.05) is 13.1 Å². The quantitative estimate of drug-likeness (QED) is 0.825. The Hall–Kier alpha value is -0.0800. The molecule has 2 unspecified atom stereocenters. The first-order chi connectivity index (χ1) is 8.72. The third kappa shape index (κ3) is 3.08. The summed E-state index contributed by atoms with van der Waals surface area (Å²) in [6.45, 7) is 7.52. The molecule has 1 N–H and O–H groups in total. The highest BCUT2D eigenvalue weighted by Gasteiger charge is 2.35. The second kappa shape index (κ2) is 5.50. The average Bonchev–Trinajstić information content (AvgIpc) is 2.99. The molecule has 3 aliphatic rings. The Morgan fingerprint density at radius 2 is 1.67 bits per heavy atom. The second-order valence-electron chi connectivity index (χ2n) is 7.27. The van der Waals surface area contributed by atoms with Crippen LogP contribution in [0.5, 0.6) is 0 Å². The number of hydrogen-bond acceptors (Lipinski definition) is 2. The summed E-state index contributed by atoms with van der Waals surface area (Å²) in [5.74, 6) is 1.76. The van der Waals surface area contributed by atoms with Gasteiger partial charge in [0.15, 0.2) is 0 Å². The number of hydrogen-bond donors (Lipinski definition) is 1. The normalized spacial score (nSPS) is 35.5. The molecule has 0 radical (unpaired) electrons. The summed E-state index contributed by atoms with van der Waals surface area (Å²) in [5, 5.41) is 3.89. The molecule has 104 valence electrons. The van der Waals surface area contributed by atoms with E-state index in [9.17, 15) is 0 Å². The number of likely N-dealkylation sites (tertiary alicyclic amines) is 1. The van der Waals surface area contributed by atoms with Crippen LogP contribution in [-0.2, 0) is 0 Å². The van der Waals surface area contributed by atoms with Gasteiger partial charge in [-0.05, 0) is 43.9 Å². The molecule has 0 aromatic carbocycles. The summed E-state index contributed by atoms with van der Waals surface area (Å²) in [4.78, 5) is 2.83. The first-order valence-corrected chi connectivity index (χ1v) is 8.22. The third-order valence-electron chi connectivity index (χ3n) is 5.34. The van der Waals surface area contributed by atoms with Crippen LogP contribution in [-0.4, -0.2) is 36.1 Å². The van der Waals surface area contributed by atoms with Crippen molar-refractivity contribution in [2.24, 2.45) is 11.8 Å². The predicted octanol–water partition coefficient (Wildman–Crippen LogP) is 3.03. The van der Waals surface area contributed by atoms with Crippen LogP contribution in [0.25, 0.3) is 0 Å². The molecule has 0 aromatic rings. The minimum Gasteiger partial charge on any atom is -0.310 e. The summed E-state index contributed by atoms with van der Waals surface area (Å²) in [5.41, 5.74) is 0. The molecular formula is C16H30N2. The monoisotopic (exact) mass is 250 g/mol. The smallest absolute Gasteiger partial charge is 0.0200 e. The first kappa shape index (κ1) is 12.9. The van der Waals surface area contributed by atoms with Gasteiger partial charge in [-0.3, -0.25) is 4.90 Å². The van der Waals surface area contributed by atoms with E-state index in [1.807, 2.05) is 0 Å². The molecule has 2 heteroatoms. The lowest BCUT2D eigenvalue weighted by Crippen LogP contribution is -2.53. The van der Waals surface area contributed by atoms with Gasteiger partial charge in [0.1, 0.15) is 0 Å². The highest BCUT2D eigenvalue weighted by atomic mass is 15.2. The highest BCUT2D eigenvalue weighted by molar-refractivity contribution is 4.93. The average molecular weight is 250 g/mol. The molecule has 0 amide bonds. The van der Waals surface area contributed by atoms with E-state index in [2.05, 4.69) is 24.1 Å². The molecule has 2 aliphatic carbocycles. The van der Waals surface area contributed by atoms with Gasteiger partial charge in [-0.2, -0.15) is 0 Å². The molecule has 0 aromatic heterocycles. The molecule has 1 saturated heterocycles. The van der Waals surface area contributed by atoms with Crippen molar-refractivity contribution >= 4 is 0 Å². The zero-order chi connectivity index (χ0) is 12.5. The van der Waals surface area contributed by atoms with E-state index in [1.165, 1.54) is 58.0 Å². The van der Waals surface area contributed by atoms with Crippen LogP contribution in [0.3, 0.4) is 0 Å². The molecule has 2 atom stereocenters. The van der Waals surface area contributed by atoms with Crippen LogP contribution >= 0.6 is 0 Å². The van der Waals surface area contributed by atoms with Gasteiger partial charge >= 0.3 is 0 Å². The zero-order valence-corrected chi connectivity index (χ0v) is 12.2. The SMILES string of the molecule is CC(C)C1CC(NC2CC2)CN(C2CCCC2)C1. The predicted molar refractivity (Wildman–Crippen MR) is 76.7 cm³/mol. The molecule has 2 nitrogen and oxygen atoms in total. The van der Waals surface area contributed by atoms with Crippen molar-refractivity contribution < 1.29 is 0 Å². The van der Waals surface area contributed by atoms with Crippen LogP contribution in [0.15, 0.2) is 0 Å². The van der Waals surface area contributed by atoms with Crippen LogP contribution in [0.2, 0.25) is 0 Å². The Bertz CT molecular complexity index is 266. The largest absolute Gasteiger partial charge is 0.310 e. The lowest BCUT2D eigenvalue weighted by molar-refractivity contribution is 0.0794. The van der Waals surface area contributed by atoms with Gasteiger partial charge in [0.2, 0.25) is 0 Å². The summed E-state index contributed by atoms with van der Waals surface area (Å²) in [7, 11) is 0. The fourth-order valence-corrected chi connectivity index (χ4v) is 3.93. The molecule has 3 rings (SSSR count). The third-order valence-corrected chi connectivity index (χ3v) is 5.34. The minimum atomic E-state index is 0.777. The maximum atomic E-state index is 3.89. The molecule has 0 spiro atoms. The van der Waals surface area contributed by atoms with E-state index in [1.54, 1.807) is 0 Å². The second-order valence-corrected chi connectivity index (χ2v) is 7.27. The molecule has 3 fully saturated rings. The molecule has 1 aliphatic heterocycles. The number of nitrogens with zero attached hydrogens (tertiary/aromatic N) is 1.